The molecule has 0 aliphatic heterocycles. The van der Waals surface area contributed by atoms with Crippen molar-refractivity contribution in [3.05, 3.63) is 58.4 Å². The smallest absolute Gasteiger partial charge is 0.222 e. The minimum atomic E-state index is 0.0397. The highest BCUT2D eigenvalue weighted by Gasteiger charge is 2.11. The molecular formula is C26H34ClN3O2. The average Bonchev–Trinajstić information content (AvgIpc) is 3.11. The van der Waals surface area contributed by atoms with E-state index in [1.54, 1.807) is 0 Å². The molecular weight excluding hydrogens is 422 g/mol. The minimum Gasteiger partial charge on any atom is -0.492 e. The molecule has 32 heavy (non-hydrogen) atoms. The van der Waals surface area contributed by atoms with Crippen LogP contribution in [0, 0.1) is 19.8 Å². The van der Waals surface area contributed by atoms with Crippen LogP contribution in [0.1, 0.15) is 50.1 Å². The first-order chi connectivity index (χ1) is 15.4. The number of rotatable bonds is 11. The molecule has 1 aromatic heterocycles. The number of imidazole rings is 1. The van der Waals surface area contributed by atoms with Crippen molar-refractivity contribution in [1.82, 2.24) is 14.9 Å². The van der Waals surface area contributed by atoms with Gasteiger partial charge in [-0.2, -0.15) is 0 Å². The standard InChI is InChI=1S/C26H34ClN3O2/c1-18(2)26(31)28-13-9-5-6-12-24-29-22-10-7-8-11-23(22)30(24)14-15-32-21-16-19(3)25(27)20(4)17-21/h7-8,10-11,16-18H,5-6,9,12-15H2,1-4H3,(H,28,31). The largest absolute Gasteiger partial charge is 0.492 e. The maximum Gasteiger partial charge on any atom is 0.222 e. The molecule has 0 aliphatic rings. The predicted octanol–water partition coefficient (Wildman–Crippen LogP) is 5.87. The molecule has 0 saturated heterocycles. The van der Waals surface area contributed by atoms with Gasteiger partial charge in [0.2, 0.25) is 5.91 Å². The number of carbonyl (C=O) groups excluding carboxylic acids is 1. The van der Waals surface area contributed by atoms with Crippen molar-refractivity contribution in [3.63, 3.8) is 0 Å². The van der Waals surface area contributed by atoms with Gasteiger partial charge < -0.3 is 14.6 Å². The van der Waals surface area contributed by atoms with Crippen LogP contribution in [-0.2, 0) is 17.8 Å². The summed E-state index contributed by atoms with van der Waals surface area (Å²) in [6.45, 7) is 9.87. The van der Waals surface area contributed by atoms with Crippen LogP contribution in [0.25, 0.3) is 11.0 Å². The Kier molecular flexibility index (Phi) is 8.57. The van der Waals surface area contributed by atoms with E-state index in [9.17, 15) is 4.79 Å². The molecule has 3 aromatic rings. The second-order valence-electron chi connectivity index (χ2n) is 8.64. The van der Waals surface area contributed by atoms with E-state index in [-0.39, 0.29) is 11.8 Å². The molecule has 6 heteroatoms. The van der Waals surface area contributed by atoms with Crippen molar-refractivity contribution in [2.75, 3.05) is 13.2 Å². The summed E-state index contributed by atoms with van der Waals surface area (Å²) in [6.07, 6.45) is 3.99. The number of ether oxygens (including phenoxy) is 1. The summed E-state index contributed by atoms with van der Waals surface area (Å²) in [7, 11) is 0. The number of aromatic nitrogens is 2. The van der Waals surface area contributed by atoms with Gasteiger partial charge in [0.1, 0.15) is 18.2 Å². The Morgan fingerprint density at radius 1 is 1.12 bits per heavy atom. The molecule has 1 amide bonds. The van der Waals surface area contributed by atoms with Gasteiger partial charge in [0.25, 0.3) is 0 Å². The molecule has 172 valence electrons. The van der Waals surface area contributed by atoms with Gasteiger partial charge in [-0.1, -0.05) is 44.0 Å². The van der Waals surface area contributed by atoms with Crippen LogP contribution in [0.3, 0.4) is 0 Å². The molecule has 0 aliphatic carbocycles. The van der Waals surface area contributed by atoms with Crippen molar-refractivity contribution in [3.8, 4) is 5.75 Å². The SMILES string of the molecule is Cc1cc(OCCn2c(CCCCCNC(=O)C(C)C)nc3ccccc32)cc(C)c1Cl. The summed E-state index contributed by atoms with van der Waals surface area (Å²) in [5, 5.41) is 3.78. The van der Waals surface area contributed by atoms with Crippen molar-refractivity contribution in [2.24, 2.45) is 5.92 Å². The van der Waals surface area contributed by atoms with E-state index < -0.39 is 0 Å². The zero-order valence-corrected chi connectivity index (χ0v) is 20.3. The van der Waals surface area contributed by atoms with Crippen molar-refractivity contribution >= 4 is 28.5 Å². The van der Waals surface area contributed by atoms with Gasteiger partial charge in [-0.3, -0.25) is 4.79 Å². The van der Waals surface area contributed by atoms with Gasteiger partial charge >= 0.3 is 0 Å². The minimum absolute atomic E-state index is 0.0397. The first-order valence-electron chi connectivity index (χ1n) is 11.5. The predicted molar refractivity (Wildman–Crippen MR) is 132 cm³/mol. The fourth-order valence-electron chi connectivity index (χ4n) is 3.81. The zero-order valence-electron chi connectivity index (χ0n) is 19.6. The Hall–Kier alpha value is -2.53. The lowest BCUT2D eigenvalue weighted by Crippen LogP contribution is -2.28. The average molecular weight is 456 g/mol. The number of fused-ring (bicyclic) bond motifs is 1. The van der Waals surface area contributed by atoms with E-state index in [0.717, 1.165) is 77.5 Å². The first kappa shape index (κ1) is 24.1. The Morgan fingerprint density at radius 2 is 1.84 bits per heavy atom. The molecule has 1 heterocycles. The van der Waals surface area contributed by atoms with Crippen LogP contribution in [-0.4, -0.2) is 28.6 Å². The molecule has 0 saturated carbocycles. The van der Waals surface area contributed by atoms with Crippen LogP contribution >= 0.6 is 11.6 Å². The lowest BCUT2D eigenvalue weighted by atomic mass is 10.1. The number of amides is 1. The normalized spacial score (nSPS) is 11.3. The number of para-hydroxylation sites is 2. The highest BCUT2D eigenvalue weighted by Crippen LogP contribution is 2.26. The van der Waals surface area contributed by atoms with Crippen LogP contribution in [0.2, 0.25) is 5.02 Å². The maximum atomic E-state index is 11.7. The number of nitrogens with zero attached hydrogens (tertiary/aromatic N) is 2. The number of carbonyl (C=O) groups is 1. The molecule has 3 rings (SSSR count). The fraction of sp³-hybridized carbons (Fsp3) is 0.462. The summed E-state index contributed by atoms with van der Waals surface area (Å²) in [4.78, 5) is 16.5. The third kappa shape index (κ3) is 6.26. The second-order valence-corrected chi connectivity index (χ2v) is 9.02. The fourth-order valence-corrected chi connectivity index (χ4v) is 3.92. The topological polar surface area (TPSA) is 56.1 Å². The quantitative estimate of drug-likeness (QED) is 0.368. The van der Waals surface area contributed by atoms with Crippen molar-refractivity contribution in [1.29, 1.82) is 0 Å². The zero-order chi connectivity index (χ0) is 23.1. The molecule has 1 N–H and O–H groups in total. The third-order valence-corrected chi connectivity index (χ3v) is 6.22. The molecule has 0 fully saturated rings. The van der Waals surface area contributed by atoms with Crippen LogP contribution < -0.4 is 10.1 Å². The molecule has 0 unspecified atom stereocenters. The second kappa shape index (κ2) is 11.4. The van der Waals surface area contributed by atoms with Crippen molar-refractivity contribution in [2.45, 2.75) is 59.9 Å². The lowest BCUT2D eigenvalue weighted by molar-refractivity contribution is -0.123. The first-order valence-corrected chi connectivity index (χ1v) is 11.9. The van der Waals surface area contributed by atoms with Gasteiger partial charge in [0.15, 0.2) is 0 Å². The van der Waals surface area contributed by atoms with E-state index in [2.05, 4.69) is 28.1 Å². The summed E-state index contributed by atoms with van der Waals surface area (Å²) < 4.78 is 8.32. The molecule has 2 aromatic carbocycles. The highest BCUT2D eigenvalue weighted by molar-refractivity contribution is 6.32. The molecule has 0 radical (unpaired) electrons. The lowest BCUT2D eigenvalue weighted by Gasteiger charge is -2.13. The molecule has 0 bridgehead atoms. The van der Waals surface area contributed by atoms with Gasteiger partial charge in [0, 0.05) is 23.9 Å². The summed E-state index contributed by atoms with van der Waals surface area (Å²) in [5.41, 5.74) is 4.21. The monoisotopic (exact) mass is 455 g/mol. The third-order valence-electron chi connectivity index (χ3n) is 5.63. The van der Waals surface area contributed by atoms with E-state index in [1.165, 1.54) is 0 Å². The molecule has 5 nitrogen and oxygen atoms in total. The Bertz CT molecular complexity index is 1040. The summed E-state index contributed by atoms with van der Waals surface area (Å²) in [5.74, 6) is 2.10. The van der Waals surface area contributed by atoms with Crippen molar-refractivity contribution < 1.29 is 9.53 Å². The van der Waals surface area contributed by atoms with Crippen LogP contribution in [0.5, 0.6) is 5.75 Å². The Balaban J connectivity index is 1.57. The van der Waals surface area contributed by atoms with E-state index in [4.69, 9.17) is 21.3 Å². The number of benzene rings is 2. The number of hydrogen-bond acceptors (Lipinski definition) is 3. The summed E-state index contributed by atoms with van der Waals surface area (Å²) >= 11 is 6.27. The van der Waals surface area contributed by atoms with E-state index in [0.29, 0.717) is 6.61 Å². The van der Waals surface area contributed by atoms with Crippen LogP contribution in [0.15, 0.2) is 36.4 Å². The number of unbranched alkanes of at least 4 members (excludes halogenated alkanes) is 2. The van der Waals surface area contributed by atoms with E-state index in [1.807, 2.05) is 45.9 Å². The Morgan fingerprint density at radius 3 is 2.56 bits per heavy atom. The van der Waals surface area contributed by atoms with E-state index >= 15 is 0 Å². The maximum absolute atomic E-state index is 11.7. The van der Waals surface area contributed by atoms with Gasteiger partial charge in [0.05, 0.1) is 17.6 Å². The van der Waals surface area contributed by atoms with Gasteiger partial charge in [-0.05, 0) is 62.1 Å². The number of aryl methyl sites for hydroxylation is 3. The van der Waals surface area contributed by atoms with Gasteiger partial charge in [-0.15, -0.1) is 0 Å². The highest BCUT2D eigenvalue weighted by atomic mass is 35.5. The van der Waals surface area contributed by atoms with Crippen LogP contribution in [0.4, 0.5) is 0 Å². The number of halogens is 1. The molecule has 0 spiro atoms. The number of hydrogen-bond donors (Lipinski definition) is 1. The number of nitrogens with one attached hydrogen (secondary N) is 1. The van der Waals surface area contributed by atoms with Gasteiger partial charge in [-0.25, -0.2) is 4.98 Å². The molecule has 0 atom stereocenters. The Labute approximate surface area is 196 Å². The summed E-state index contributed by atoms with van der Waals surface area (Å²) in [6, 6.07) is 12.2.